The van der Waals surface area contributed by atoms with Gasteiger partial charge in [0.15, 0.2) is 5.78 Å². The lowest BCUT2D eigenvalue weighted by molar-refractivity contribution is -0.813. The highest BCUT2D eigenvalue weighted by Gasteiger charge is 2.61. The van der Waals surface area contributed by atoms with Crippen LogP contribution in [-0.4, -0.2) is 44.8 Å². The quantitative estimate of drug-likeness (QED) is 0.269. The average molecular weight is 377 g/mol. The molecule has 0 fully saturated rings. The number of rotatable bonds is 9. The lowest BCUT2D eigenvalue weighted by atomic mass is 9.99. The van der Waals surface area contributed by atoms with Crippen LogP contribution in [0.25, 0.3) is 0 Å². The van der Waals surface area contributed by atoms with Crippen LogP contribution < -0.4 is 9.47 Å². The second-order valence-corrected chi connectivity index (χ2v) is 5.25. The maximum atomic E-state index is 12.3. The zero-order valence-electron chi connectivity index (χ0n) is 14.4. The predicted octanol–water partition coefficient (Wildman–Crippen LogP) is 1.26. The van der Waals surface area contributed by atoms with Crippen LogP contribution in [-0.2, 0) is 5.66 Å². The molecule has 12 nitrogen and oxygen atoms in total. The summed E-state index contributed by atoms with van der Waals surface area (Å²) in [7, 11) is 2.36. The molecule has 0 aliphatic rings. The maximum Gasteiger partial charge on any atom is 0.517 e. The monoisotopic (exact) mass is 377 g/mol. The molecule has 0 atom stereocenters. The standard InChI is InChI=1S/C15H15N5O7/c1-26-13-16-12(17-14(18-13)27-2)15(19(22)23,20(24)25)9-8-11(21)10-6-4-3-5-7-10/h3-7H,8-9H2,1-2H3. The predicted molar refractivity (Wildman–Crippen MR) is 88.6 cm³/mol. The van der Waals surface area contributed by atoms with Crippen LogP contribution in [0.2, 0.25) is 0 Å². The Kier molecular flexibility index (Phi) is 5.90. The Bertz CT molecular complexity index is 823. The second-order valence-electron chi connectivity index (χ2n) is 5.25. The van der Waals surface area contributed by atoms with Gasteiger partial charge in [0.2, 0.25) is 0 Å². The van der Waals surface area contributed by atoms with Crippen molar-refractivity contribution in [2.45, 2.75) is 18.5 Å². The first-order valence-corrected chi connectivity index (χ1v) is 7.57. The van der Waals surface area contributed by atoms with Crippen molar-refractivity contribution in [3.8, 4) is 12.0 Å². The van der Waals surface area contributed by atoms with Gasteiger partial charge in [-0.05, 0) is 0 Å². The molecule has 0 saturated heterocycles. The molecule has 0 saturated carbocycles. The number of ketones is 1. The average Bonchev–Trinajstić information content (AvgIpc) is 2.68. The highest BCUT2D eigenvalue weighted by Crippen LogP contribution is 2.31. The Hall–Kier alpha value is -3.70. The second kappa shape index (κ2) is 8.12. The SMILES string of the molecule is COc1nc(OC)nc(C(CCC(=O)c2ccccc2)([N+](=O)[O-])[N+](=O)[O-])n1. The minimum absolute atomic E-state index is 0.281. The van der Waals surface area contributed by atoms with Crippen molar-refractivity contribution in [3.63, 3.8) is 0 Å². The van der Waals surface area contributed by atoms with E-state index in [2.05, 4.69) is 15.0 Å². The molecule has 27 heavy (non-hydrogen) atoms. The zero-order chi connectivity index (χ0) is 20.0. The van der Waals surface area contributed by atoms with E-state index in [0.29, 0.717) is 0 Å². The number of nitro groups is 2. The molecule has 142 valence electrons. The van der Waals surface area contributed by atoms with Gasteiger partial charge in [-0.2, -0.15) is 9.97 Å². The number of ether oxygens (including phenoxy) is 2. The van der Waals surface area contributed by atoms with E-state index in [1.165, 1.54) is 26.4 Å². The molecule has 0 amide bonds. The highest BCUT2D eigenvalue weighted by molar-refractivity contribution is 5.95. The third-order valence-corrected chi connectivity index (χ3v) is 3.72. The third-order valence-electron chi connectivity index (χ3n) is 3.72. The van der Waals surface area contributed by atoms with Crippen LogP contribution in [0.3, 0.4) is 0 Å². The minimum atomic E-state index is -2.96. The normalized spacial score (nSPS) is 10.9. The molecule has 0 bridgehead atoms. The summed E-state index contributed by atoms with van der Waals surface area (Å²) in [6.45, 7) is 0. The van der Waals surface area contributed by atoms with Crippen molar-refractivity contribution in [1.29, 1.82) is 0 Å². The van der Waals surface area contributed by atoms with E-state index in [1.54, 1.807) is 18.2 Å². The number of hydrogen-bond acceptors (Lipinski definition) is 10. The van der Waals surface area contributed by atoms with Gasteiger partial charge in [0.25, 0.3) is 5.82 Å². The lowest BCUT2D eigenvalue weighted by Crippen LogP contribution is -2.45. The first-order valence-electron chi connectivity index (χ1n) is 7.57. The molecule has 2 aromatic rings. The molecule has 1 aromatic heterocycles. The summed E-state index contributed by atoms with van der Waals surface area (Å²) in [5.74, 6) is -1.28. The summed E-state index contributed by atoms with van der Waals surface area (Å²) in [4.78, 5) is 44.3. The summed E-state index contributed by atoms with van der Waals surface area (Å²) in [6.07, 6.45) is -1.24. The molecule has 1 aromatic carbocycles. The number of benzene rings is 1. The van der Waals surface area contributed by atoms with Gasteiger partial charge in [-0.25, -0.2) is 0 Å². The van der Waals surface area contributed by atoms with Gasteiger partial charge in [0, 0.05) is 12.0 Å². The van der Waals surface area contributed by atoms with E-state index in [0.717, 1.165) is 0 Å². The van der Waals surface area contributed by atoms with Gasteiger partial charge in [-0.15, -0.1) is 4.98 Å². The molecule has 12 heteroatoms. The number of hydrogen-bond donors (Lipinski definition) is 0. The van der Waals surface area contributed by atoms with Crippen LogP contribution >= 0.6 is 0 Å². The molecule has 0 aliphatic carbocycles. The van der Waals surface area contributed by atoms with Crippen LogP contribution in [0, 0.1) is 20.2 Å². The van der Waals surface area contributed by atoms with Crippen molar-refractivity contribution in [1.82, 2.24) is 15.0 Å². The number of nitrogens with zero attached hydrogens (tertiary/aromatic N) is 5. The van der Waals surface area contributed by atoms with E-state index in [4.69, 9.17) is 9.47 Å². The van der Waals surface area contributed by atoms with Crippen LogP contribution in [0.1, 0.15) is 29.0 Å². The molecule has 0 aliphatic heterocycles. The Labute approximate surface area is 152 Å². The van der Waals surface area contributed by atoms with Gasteiger partial charge >= 0.3 is 17.7 Å². The van der Waals surface area contributed by atoms with Gasteiger partial charge in [-0.3, -0.25) is 25.0 Å². The maximum absolute atomic E-state index is 12.3. The summed E-state index contributed by atoms with van der Waals surface area (Å²) >= 11 is 0. The molecular formula is C15H15N5O7. The van der Waals surface area contributed by atoms with Crippen molar-refractivity contribution in [3.05, 3.63) is 61.9 Å². The lowest BCUT2D eigenvalue weighted by Gasteiger charge is -2.16. The Morgan fingerprint density at radius 3 is 1.96 bits per heavy atom. The fourth-order valence-corrected chi connectivity index (χ4v) is 2.28. The van der Waals surface area contributed by atoms with Crippen molar-refractivity contribution in [2.75, 3.05) is 14.2 Å². The van der Waals surface area contributed by atoms with Gasteiger partial charge in [-0.1, -0.05) is 30.3 Å². The number of aromatic nitrogens is 3. The number of methoxy groups -OCH3 is 2. The molecule has 2 rings (SSSR count). The van der Waals surface area contributed by atoms with Gasteiger partial charge in [0.05, 0.1) is 14.2 Å². The molecule has 1 heterocycles. The smallest absolute Gasteiger partial charge is 0.467 e. The largest absolute Gasteiger partial charge is 0.517 e. The Morgan fingerprint density at radius 1 is 1.00 bits per heavy atom. The van der Waals surface area contributed by atoms with Crippen molar-refractivity contribution < 1.29 is 24.1 Å². The first-order chi connectivity index (χ1) is 12.8. The van der Waals surface area contributed by atoms with Crippen LogP contribution in [0.15, 0.2) is 30.3 Å². The van der Waals surface area contributed by atoms with Crippen LogP contribution in [0.4, 0.5) is 0 Å². The number of carbonyl (C=O) groups excluding carboxylic acids is 1. The summed E-state index contributed by atoms with van der Waals surface area (Å²) in [5.41, 5.74) is -2.68. The zero-order valence-corrected chi connectivity index (χ0v) is 14.4. The van der Waals surface area contributed by atoms with Crippen LogP contribution in [0.5, 0.6) is 12.0 Å². The van der Waals surface area contributed by atoms with Gasteiger partial charge < -0.3 is 9.47 Å². The number of Topliss-reactive ketones (excluding diaryl/α,β-unsaturated/α-hetero) is 1. The number of carbonyl (C=O) groups is 1. The third kappa shape index (κ3) is 3.94. The Balaban J connectivity index is 2.46. The van der Waals surface area contributed by atoms with Gasteiger partial charge in [0.1, 0.15) is 16.3 Å². The van der Waals surface area contributed by atoms with E-state index in [-0.39, 0.29) is 17.6 Å². The van der Waals surface area contributed by atoms with E-state index in [1.807, 2.05) is 0 Å². The molecule has 0 N–H and O–H groups in total. The van der Waals surface area contributed by atoms with E-state index >= 15 is 0 Å². The van der Waals surface area contributed by atoms with E-state index < -0.39 is 40.0 Å². The molecule has 0 radical (unpaired) electrons. The van der Waals surface area contributed by atoms with Crippen molar-refractivity contribution >= 4 is 5.78 Å². The van der Waals surface area contributed by atoms with Crippen molar-refractivity contribution in [2.24, 2.45) is 0 Å². The fourth-order valence-electron chi connectivity index (χ4n) is 2.28. The topological polar surface area (TPSA) is 160 Å². The molecule has 0 spiro atoms. The van der Waals surface area contributed by atoms with E-state index in [9.17, 15) is 25.0 Å². The molecular weight excluding hydrogens is 362 g/mol. The highest BCUT2D eigenvalue weighted by atomic mass is 16.7. The Morgan fingerprint density at radius 2 is 1.52 bits per heavy atom. The fraction of sp³-hybridized carbons (Fsp3) is 0.333. The summed E-state index contributed by atoms with van der Waals surface area (Å²) in [5, 5.41) is 23.4. The minimum Gasteiger partial charge on any atom is -0.467 e. The summed E-state index contributed by atoms with van der Waals surface area (Å²) in [6, 6.07) is 7.16. The molecule has 0 unspecified atom stereocenters. The first kappa shape index (κ1) is 19.6. The summed E-state index contributed by atoms with van der Waals surface area (Å²) < 4.78 is 9.59.